The van der Waals surface area contributed by atoms with Gasteiger partial charge >= 0.3 is 0 Å². The number of amides is 2. The number of nitrogens with one attached hydrogen (secondary N) is 3. The van der Waals surface area contributed by atoms with Gasteiger partial charge in [-0.15, -0.1) is 5.10 Å². The highest BCUT2D eigenvalue weighted by molar-refractivity contribution is 6.31. The number of carbonyl (C=O) groups is 2. The molecular weight excluding hydrogens is 494 g/mol. The molecule has 0 aliphatic rings. The van der Waals surface area contributed by atoms with Crippen LogP contribution in [0.3, 0.4) is 0 Å². The molecule has 2 aromatic heterocycles. The molecule has 4 aromatic rings. The molecule has 37 heavy (non-hydrogen) atoms. The predicted molar refractivity (Wildman–Crippen MR) is 140 cm³/mol. The lowest BCUT2D eigenvalue weighted by molar-refractivity contribution is -0.123. The van der Waals surface area contributed by atoms with Crippen molar-refractivity contribution in [3.63, 3.8) is 0 Å². The first kappa shape index (κ1) is 25.8. The Hall–Kier alpha value is -4.31. The average molecular weight is 520 g/mol. The van der Waals surface area contributed by atoms with E-state index in [0.29, 0.717) is 33.2 Å². The predicted octanol–water partition coefficient (Wildman–Crippen LogP) is 3.64. The summed E-state index contributed by atoms with van der Waals surface area (Å²) in [6, 6.07) is 13.4. The Kier molecular flexibility index (Phi) is 7.49. The number of aromatic amines is 1. The molecule has 11 heteroatoms. The Balaban J connectivity index is 1.52. The van der Waals surface area contributed by atoms with Crippen molar-refractivity contribution in [1.29, 1.82) is 0 Å². The van der Waals surface area contributed by atoms with Crippen LogP contribution in [-0.4, -0.2) is 36.8 Å². The number of nitrogens with zero attached hydrogens (tertiary/aromatic N) is 4. The first-order valence-corrected chi connectivity index (χ1v) is 11.9. The van der Waals surface area contributed by atoms with Crippen LogP contribution in [0.5, 0.6) is 0 Å². The van der Waals surface area contributed by atoms with Gasteiger partial charge in [0.1, 0.15) is 5.69 Å². The maximum atomic E-state index is 12.9. The van der Waals surface area contributed by atoms with E-state index in [1.807, 2.05) is 6.07 Å². The summed E-state index contributed by atoms with van der Waals surface area (Å²) >= 11 is 6.16. The quantitative estimate of drug-likeness (QED) is 0.341. The Labute approximate surface area is 218 Å². The Bertz CT molecular complexity index is 1490. The van der Waals surface area contributed by atoms with Crippen LogP contribution in [0.15, 0.2) is 65.8 Å². The Morgan fingerprint density at radius 3 is 2.62 bits per heavy atom. The molecule has 0 spiro atoms. The van der Waals surface area contributed by atoms with Crippen LogP contribution >= 0.6 is 11.6 Å². The molecule has 2 aromatic carbocycles. The van der Waals surface area contributed by atoms with Gasteiger partial charge in [-0.2, -0.15) is 0 Å². The Morgan fingerprint density at radius 1 is 1.11 bits per heavy atom. The highest BCUT2D eigenvalue weighted by Crippen LogP contribution is 2.30. The molecule has 0 radical (unpaired) electrons. The number of H-pyrrole nitrogens is 1. The van der Waals surface area contributed by atoms with Crippen molar-refractivity contribution in [3.8, 4) is 11.3 Å². The lowest BCUT2D eigenvalue weighted by Crippen LogP contribution is -2.28. The van der Waals surface area contributed by atoms with Gasteiger partial charge in [0.2, 0.25) is 5.91 Å². The summed E-state index contributed by atoms with van der Waals surface area (Å²) < 4.78 is 1.44. The zero-order chi connectivity index (χ0) is 26.6. The lowest BCUT2D eigenvalue weighted by Gasteiger charge is -2.19. The van der Waals surface area contributed by atoms with Gasteiger partial charge in [-0.3, -0.25) is 24.0 Å². The number of halogens is 1. The van der Waals surface area contributed by atoms with E-state index < -0.39 is 5.41 Å². The molecular formula is C26H26ClN7O3. The van der Waals surface area contributed by atoms with Crippen LogP contribution in [-0.2, 0) is 17.9 Å². The zero-order valence-corrected chi connectivity index (χ0v) is 21.3. The summed E-state index contributed by atoms with van der Waals surface area (Å²) in [7, 11) is 0. The van der Waals surface area contributed by atoms with E-state index in [1.165, 1.54) is 17.0 Å². The van der Waals surface area contributed by atoms with E-state index >= 15 is 0 Å². The average Bonchev–Trinajstić information content (AvgIpc) is 3.37. The second-order valence-corrected chi connectivity index (χ2v) is 9.92. The SMILES string of the molecule is CC(C)(C)C(=O)Nc1cc(Cl)ccc1-c1cc(=O)n(Cc2cccc(C(=O)NCc3c[nH]nn3)c2)cn1. The van der Waals surface area contributed by atoms with Crippen molar-refractivity contribution in [2.24, 2.45) is 5.41 Å². The molecule has 190 valence electrons. The minimum atomic E-state index is -0.613. The topological polar surface area (TPSA) is 135 Å². The summed E-state index contributed by atoms with van der Waals surface area (Å²) in [5, 5.41) is 16.1. The van der Waals surface area contributed by atoms with Gasteiger partial charge in [-0.1, -0.05) is 49.7 Å². The maximum absolute atomic E-state index is 12.9. The zero-order valence-electron chi connectivity index (χ0n) is 20.6. The van der Waals surface area contributed by atoms with Crippen molar-refractivity contribution in [1.82, 2.24) is 30.3 Å². The third-order valence-corrected chi connectivity index (χ3v) is 5.74. The van der Waals surface area contributed by atoms with Crippen molar-refractivity contribution >= 4 is 29.1 Å². The van der Waals surface area contributed by atoms with Gasteiger partial charge < -0.3 is 10.6 Å². The minimum Gasteiger partial charge on any atom is -0.346 e. The van der Waals surface area contributed by atoms with Crippen LogP contribution in [0.25, 0.3) is 11.3 Å². The number of carbonyl (C=O) groups excluding carboxylic acids is 2. The molecule has 0 saturated carbocycles. The molecule has 2 amide bonds. The molecule has 0 bridgehead atoms. The van der Waals surface area contributed by atoms with Crippen LogP contribution in [0.4, 0.5) is 5.69 Å². The largest absolute Gasteiger partial charge is 0.346 e. The van der Waals surface area contributed by atoms with Gasteiger partial charge in [0.05, 0.1) is 30.8 Å². The van der Waals surface area contributed by atoms with E-state index in [1.54, 1.807) is 63.4 Å². The fourth-order valence-electron chi connectivity index (χ4n) is 3.44. The van der Waals surface area contributed by atoms with Gasteiger partial charge in [-0.25, -0.2) is 4.98 Å². The maximum Gasteiger partial charge on any atom is 0.254 e. The number of hydrogen-bond donors (Lipinski definition) is 3. The van der Waals surface area contributed by atoms with Crippen LogP contribution in [0, 0.1) is 5.41 Å². The molecule has 10 nitrogen and oxygen atoms in total. The van der Waals surface area contributed by atoms with Gasteiger partial charge in [-0.05, 0) is 35.9 Å². The highest BCUT2D eigenvalue weighted by atomic mass is 35.5. The lowest BCUT2D eigenvalue weighted by atomic mass is 9.95. The molecule has 0 aliphatic carbocycles. The summed E-state index contributed by atoms with van der Waals surface area (Å²) in [4.78, 5) is 42.5. The minimum absolute atomic E-state index is 0.186. The monoisotopic (exact) mass is 519 g/mol. The number of hydrogen-bond acceptors (Lipinski definition) is 6. The van der Waals surface area contributed by atoms with E-state index in [-0.39, 0.29) is 30.5 Å². The summed E-state index contributed by atoms with van der Waals surface area (Å²) in [6.07, 6.45) is 3.05. The van der Waals surface area contributed by atoms with Crippen LogP contribution in [0.1, 0.15) is 42.4 Å². The van der Waals surface area contributed by atoms with Crippen molar-refractivity contribution in [2.45, 2.75) is 33.9 Å². The van der Waals surface area contributed by atoms with Crippen molar-refractivity contribution < 1.29 is 9.59 Å². The van der Waals surface area contributed by atoms with Gasteiger partial charge in [0.25, 0.3) is 11.5 Å². The standard InChI is InChI=1S/C26H26ClN7O3/c1-26(2,3)25(37)31-22-10-18(27)7-8-20(22)21-11-23(35)34(15-29-21)14-16-5-4-6-17(9-16)24(36)28-12-19-13-30-33-32-19/h4-11,13,15H,12,14H2,1-3H3,(H,28,36)(H,31,37)(H,30,32,33). The van der Waals surface area contributed by atoms with Crippen molar-refractivity contribution in [2.75, 3.05) is 5.32 Å². The second kappa shape index (κ2) is 10.8. The van der Waals surface area contributed by atoms with E-state index in [0.717, 1.165) is 5.56 Å². The molecule has 0 fully saturated rings. The van der Waals surface area contributed by atoms with Crippen LogP contribution in [0.2, 0.25) is 5.02 Å². The molecule has 0 aliphatic heterocycles. The number of aromatic nitrogens is 5. The highest BCUT2D eigenvalue weighted by Gasteiger charge is 2.23. The number of rotatable bonds is 7. The summed E-state index contributed by atoms with van der Waals surface area (Å²) in [5.41, 5.74) is 2.40. The summed E-state index contributed by atoms with van der Waals surface area (Å²) in [5.74, 6) is -0.451. The third-order valence-electron chi connectivity index (χ3n) is 5.51. The molecule has 0 unspecified atom stereocenters. The van der Waals surface area contributed by atoms with E-state index in [2.05, 4.69) is 31.0 Å². The molecule has 4 rings (SSSR count). The Morgan fingerprint density at radius 2 is 1.92 bits per heavy atom. The fourth-order valence-corrected chi connectivity index (χ4v) is 3.61. The molecule has 3 N–H and O–H groups in total. The first-order chi connectivity index (χ1) is 17.6. The van der Waals surface area contributed by atoms with E-state index in [4.69, 9.17) is 11.6 Å². The van der Waals surface area contributed by atoms with E-state index in [9.17, 15) is 14.4 Å². The molecule has 0 atom stereocenters. The molecule has 0 saturated heterocycles. The molecule has 2 heterocycles. The number of benzene rings is 2. The normalized spacial score (nSPS) is 11.2. The third kappa shape index (κ3) is 6.47. The first-order valence-electron chi connectivity index (χ1n) is 11.5. The van der Waals surface area contributed by atoms with Crippen molar-refractivity contribution in [3.05, 3.63) is 93.3 Å². The second-order valence-electron chi connectivity index (χ2n) is 9.48. The smallest absolute Gasteiger partial charge is 0.254 e. The summed E-state index contributed by atoms with van der Waals surface area (Å²) in [6.45, 7) is 5.89. The number of anilines is 1. The van der Waals surface area contributed by atoms with Crippen LogP contribution < -0.4 is 16.2 Å². The fraction of sp³-hybridized carbons (Fsp3) is 0.231. The van der Waals surface area contributed by atoms with Gasteiger partial charge in [0.15, 0.2) is 0 Å². The van der Waals surface area contributed by atoms with Gasteiger partial charge in [0, 0.05) is 33.8 Å².